The molecular weight excluding hydrogens is 421 g/mol. The third-order valence-corrected chi connectivity index (χ3v) is 5.90. The van der Waals surface area contributed by atoms with Gasteiger partial charge in [0, 0.05) is 36.7 Å². The van der Waals surface area contributed by atoms with Crippen molar-refractivity contribution in [3.63, 3.8) is 0 Å². The first-order chi connectivity index (χ1) is 16.0. The van der Waals surface area contributed by atoms with Crippen LogP contribution >= 0.6 is 0 Å². The van der Waals surface area contributed by atoms with Crippen molar-refractivity contribution in [2.24, 2.45) is 7.05 Å². The van der Waals surface area contributed by atoms with Crippen molar-refractivity contribution in [2.45, 2.75) is 32.2 Å². The van der Waals surface area contributed by atoms with Crippen LogP contribution in [0.3, 0.4) is 0 Å². The summed E-state index contributed by atoms with van der Waals surface area (Å²) in [4.78, 5) is 23.2. The van der Waals surface area contributed by atoms with Gasteiger partial charge in [0.25, 0.3) is 5.56 Å². The third kappa shape index (κ3) is 3.75. The molecule has 4 heterocycles. The molecular formula is C24H24FN7O. The van der Waals surface area contributed by atoms with E-state index in [2.05, 4.69) is 33.0 Å². The Labute approximate surface area is 188 Å². The maximum atomic E-state index is 13.1. The summed E-state index contributed by atoms with van der Waals surface area (Å²) >= 11 is 0. The molecule has 0 saturated heterocycles. The molecule has 168 valence electrons. The quantitative estimate of drug-likeness (QED) is 0.437. The fraction of sp³-hybridized carbons (Fsp3) is 0.250. The summed E-state index contributed by atoms with van der Waals surface area (Å²) < 4.78 is 16.6. The van der Waals surface area contributed by atoms with Crippen molar-refractivity contribution in [2.75, 3.05) is 5.73 Å². The van der Waals surface area contributed by atoms with Gasteiger partial charge < -0.3 is 15.3 Å². The van der Waals surface area contributed by atoms with Crippen molar-refractivity contribution in [3.8, 4) is 11.1 Å². The van der Waals surface area contributed by atoms with Crippen LogP contribution in [0.5, 0.6) is 0 Å². The average molecular weight is 446 g/mol. The molecule has 1 saturated carbocycles. The van der Waals surface area contributed by atoms with E-state index in [1.165, 1.54) is 12.5 Å². The molecule has 0 aliphatic heterocycles. The van der Waals surface area contributed by atoms with E-state index < -0.39 is 5.82 Å². The number of aryl methyl sites for hydroxylation is 2. The minimum atomic E-state index is -0.418. The smallest absolute Gasteiger partial charge is 0.259 e. The number of nitrogens with one attached hydrogen (secondary N) is 1. The largest absolute Gasteiger partial charge is 0.383 e. The first kappa shape index (κ1) is 20.9. The van der Waals surface area contributed by atoms with Crippen LogP contribution in [0.1, 0.15) is 31.5 Å². The number of nitrogens with zero attached hydrogens (tertiary/aromatic N) is 5. The SMILES string of the molecule is CCc1cc2cccc(-c3cnn(C)c3)c2c(=O)n1C1CC1.Nc1ncnc2[nH]cc(F)c12. The summed E-state index contributed by atoms with van der Waals surface area (Å²) in [6.45, 7) is 2.12. The number of anilines is 1. The van der Waals surface area contributed by atoms with E-state index in [9.17, 15) is 9.18 Å². The molecule has 1 aromatic carbocycles. The molecule has 33 heavy (non-hydrogen) atoms. The Bertz CT molecular complexity index is 1530. The van der Waals surface area contributed by atoms with Gasteiger partial charge in [0.15, 0.2) is 5.82 Å². The number of nitrogens with two attached hydrogens (primary N) is 1. The molecule has 0 unspecified atom stereocenters. The van der Waals surface area contributed by atoms with Crippen LogP contribution in [0.25, 0.3) is 32.9 Å². The lowest BCUT2D eigenvalue weighted by atomic mass is 10.0. The second-order valence-corrected chi connectivity index (χ2v) is 8.19. The van der Waals surface area contributed by atoms with Crippen LogP contribution in [0.15, 0.2) is 54.0 Å². The molecule has 8 nitrogen and oxygen atoms in total. The summed E-state index contributed by atoms with van der Waals surface area (Å²) in [7, 11) is 1.90. The van der Waals surface area contributed by atoms with E-state index in [0.717, 1.165) is 46.9 Å². The highest BCUT2D eigenvalue weighted by atomic mass is 19.1. The highest BCUT2D eigenvalue weighted by Gasteiger charge is 2.27. The van der Waals surface area contributed by atoms with Crippen LogP contribution in [-0.2, 0) is 13.5 Å². The van der Waals surface area contributed by atoms with Crippen molar-refractivity contribution >= 4 is 27.6 Å². The van der Waals surface area contributed by atoms with Crippen molar-refractivity contribution in [1.82, 2.24) is 29.3 Å². The molecule has 6 rings (SSSR count). The van der Waals surface area contributed by atoms with E-state index in [-0.39, 0.29) is 16.8 Å². The number of hydrogen-bond acceptors (Lipinski definition) is 5. The lowest BCUT2D eigenvalue weighted by Crippen LogP contribution is -2.23. The Balaban J connectivity index is 0.000000174. The molecule has 1 aliphatic rings. The minimum Gasteiger partial charge on any atom is -0.383 e. The third-order valence-electron chi connectivity index (χ3n) is 5.90. The van der Waals surface area contributed by atoms with Gasteiger partial charge in [0.2, 0.25) is 0 Å². The summed E-state index contributed by atoms with van der Waals surface area (Å²) in [5.74, 6) is -0.258. The van der Waals surface area contributed by atoms with Gasteiger partial charge in [0.05, 0.1) is 17.0 Å². The molecule has 0 radical (unpaired) electrons. The molecule has 5 aromatic rings. The molecule has 1 fully saturated rings. The molecule has 4 aromatic heterocycles. The van der Waals surface area contributed by atoms with Gasteiger partial charge in [-0.15, -0.1) is 0 Å². The minimum absolute atomic E-state index is 0.149. The van der Waals surface area contributed by atoms with Crippen LogP contribution in [-0.4, -0.2) is 29.3 Å². The number of benzene rings is 1. The number of aromatic nitrogens is 6. The highest BCUT2D eigenvalue weighted by Crippen LogP contribution is 2.36. The van der Waals surface area contributed by atoms with Gasteiger partial charge in [-0.3, -0.25) is 9.48 Å². The van der Waals surface area contributed by atoms with Gasteiger partial charge >= 0.3 is 0 Å². The Morgan fingerprint density at radius 2 is 2.06 bits per heavy atom. The van der Waals surface area contributed by atoms with Crippen LogP contribution < -0.4 is 11.3 Å². The Hall–Kier alpha value is -4.01. The van der Waals surface area contributed by atoms with Crippen LogP contribution in [0, 0.1) is 5.82 Å². The van der Waals surface area contributed by atoms with Gasteiger partial charge in [-0.05, 0) is 36.3 Å². The number of fused-ring (bicyclic) bond motifs is 2. The predicted octanol–water partition coefficient (Wildman–Crippen LogP) is 3.98. The number of hydrogen-bond donors (Lipinski definition) is 2. The standard InChI is InChI=1S/C18H19N3O.C6H5FN4/c1-3-14-9-12-5-4-6-16(13-10-19-20(2)11-13)17(12)18(22)21(14)15-7-8-15;7-3-1-9-6-4(3)5(8)10-2-11-6/h4-6,9-11,15H,3,7-8H2,1-2H3;1-2H,(H3,8,9,10,11). The Morgan fingerprint density at radius 1 is 1.24 bits per heavy atom. The normalized spacial score (nSPS) is 13.3. The average Bonchev–Trinajstić information content (AvgIpc) is 3.44. The lowest BCUT2D eigenvalue weighted by Gasteiger charge is -2.14. The maximum absolute atomic E-state index is 13.1. The van der Waals surface area contributed by atoms with Crippen LogP contribution in [0.4, 0.5) is 10.2 Å². The molecule has 0 spiro atoms. The van der Waals surface area contributed by atoms with Gasteiger partial charge in [-0.1, -0.05) is 25.1 Å². The van der Waals surface area contributed by atoms with Crippen molar-refractivity contribution in [3.05, 3.63) is 71.0 Å². The fourth-order valence-corrected chi connectivity index (χ4v) is 4.18. The monoisotopic (exact) mass is 445 g/mol. The number of pyridine rings is 1. The Morgan fingerprint density at radius 3 is 2.73 bits per heavy atom. The van der Waals surface area contributed by atoms with Gasteiger partial charge in [-0.25, -0.2) is 14.4 Å². The summed E-state index contributed by atoms with van der Waals surface area (Å²) in [6, 6.07) is 8.64. The van der Waals surface area contributed by atoms with E-state index in [1.807, 2.05) is 42.2 Å². The molecule has 0 bridgehead atoms. The topological polar surface area (TPSA) is 107 Å². The number of H-pyrrole nitrogens is 1. The second-order valence-electron chi connectivity index (χ2n) is 8.19. The summed E-state index contributed by atoms with van der Waals surface area (Å²) in [5.41, 5.74) is 9.08. The van der Waals surface area contributed by atoms with Gasteiger partial charge in [-0.2, -0.15) is 5.10 Å². The van der Waals surface area contributed by atoms with Crippen molar-refractivity contribution in [1.29, 1.82) is 0 Å². The van der Waals surface area contributed by atoms with E-state index in [4.69, 9.17) is 5.73 Å². The predicted molar refractivity (Wildman–Crippen MR) is 126 cm³/mol. The first-order valence-corrected chi connectivity index (χ1v) is 10.9. The lowest BCUT2D eigenvalue weighted by molar-refractivity contribution is 0.639. The van der Waals surface area contributed by atoms with E-state index in [1.54, 1.807) is 4.68 Å². The fourth-order valence-electron chi connectivity index (χ4n) is 4.18. The maximum Gasteiger partial charge on any atom is 0.259 e. The summed E-state index contributed by atoms with van der Waals surface area (Å²) in [5, 5.41) is 6.34. The summed E-state index contributed by atoms with van der Waals surface area (Å²) in [6.07, 6.45) is 9.40. The van der Waals surface area contributed by atoms with E-state index >= 15 is 0 Å². The zero-order valence-corrected chi connectivity index (χ0v) is 18.4. The number of nitrogen functional groups attached to an aromatic ring is 1. The number of halogens is 1. The second kappa shape index (κ2) is 8.16. The number of rotatable bonds is 3. The van der Waals surface area contributed by atoms with Gasteiger partial charge in [0.1, 0.15) is 17.8 Å². The Kier molecular flexibility index (Phi) is 5.16. The van der Waals surface area contributed by atoms with E-state index in [0.29, 0.717) is 11.7 Å². The van der Waals surface area contributed by atoms with Crippen LogP contribution in [0.2, 0.25) is 0 Å². The molecule has 9 heteroatoms. The molecule has 1 aliphatic carbocycles. The molecule has 0 amide bonds. The zero-order valence-electron chi connectivity index (χ0n) is 18.4. The zero-order chi connectivity index (χ0) is 23.1. The van der Waals surface area contributed by atoms with Crippen molar-refractivity contribution < 1.29 is 4.39 Å². The molecule has 3 N–H and O–H groups in total. The molecule has 0 atom stereocenters. The first-order valence-electron chi connectivity index (χ1n) is 10.9. The number of aromatic amines is 1. The highest BCUT2D eigenvalue weighted by molar-refractivity contribution is 5.96.